The molecule has 3 bridgehead atoms. The third-order valence-corrected chi connectivity index (χ3v) is 8.93. The van der Waals surface area contributed by atoms with Crippen LogP contribution in [0.1, 0.15) is 39.2 Å². The van der Waals surface area contributed by atoms with E-state index in [0.717, 1.165) is 11.1 Å². The summed E-state index contributed by atoms with van der Waals surface area (Å²) in [6.07, 6.45) is 4.51. The van der Waals surface area contributed by atoms with E-state index >= 15 is 0 Å². The Morgan fingerprint density at radius 3 is 2.62 bits per heavy atom. The highest BCUT2D eigenvalue weighted by atomic mass is 16.9. The van der Waals surface area contributed by atoms with Crippen LogP contribution in [0.3, 0.4) is 0 Å². The lowest BCUT2D eigenvalue weighted by atomic mass is 9.55. The summed E-state index contributed by atoms with van der Waals surface area (Å²) >= 11 is 0. The van der Waals surface area contributed by atoms with Crippen molar-refractivity contribution in [3.8, 4) is 0 Å². The predicted octanol–water partition coefficient (Wildman–Crippen LogP) is 3.24. The van der Waals surface area contributed by atoms with Gasteiger partial charge in [0.1, 0.15) is 17.3 Å². The molecule has 0 unspecified atom stereocenters. The highest BCUT2D eigenvalue weighted by Gasteiger charge is 2.79. The number of Topliss-reactive ketones (excluding diaryl/α,β-unsaturated/α-hetero) is 1. The van der Waals surface area contributed by atoms with Gasteiger partial charge in [-0.25, -0.2) is 0 Å². The molecule has 0 aromatic heterocycles. The van der Waals surface area contributed by atoms with Crippen molar-refractivity contribution in [2.75, 3.05) is 6.61 Å². The number of hydrogen-bond donors (Lipinski definition) is 2. The van der Waals surface area contributed by atoms with Crippen molar-refractivity contribution in [1.82, 2.24) is 0 Å². The first-order valence-electron chi connectivity index (χ1n) is 12.1. The largest absolute Gasteiger partial charge is 0.392 e. The van der Waals surface area contributed by atoms with Crippen LogP contribution >= 0.6 is 0 Å². The average molecular weight is 465 g/mol. The maximum atomic E-state index is 13.3. The fraction of sp³-hybridized carbons (Fsp3) is 0.536. The molecule has 2 saturated heterocycles. The van der Waals surface area contributed by atoms with Crippen LogP contribution in [-0.2, 0) is 25.4 Å². The number of ketones is 1. The summed E-state index contributed by atoms with van der Waals surface area (Å²) in [6, 6.07) is 9.92. The molecule has 2 heterocycles. The van der Waals surface area contributed by atoms with E-state index in [0.29, 0.717) is 24.0 Å². The van der Waals surface area contributed by atoms with Crippen molar-refractivity contribution in [2.45, 2.75) is 68.9 Å². The van der Waals surface area contributed by atoms with Crippen molar-refractivity contribution in [3.63, 3.8) is 0 Å². The number of hydrogen-bond acceptors (Lipinski definition) is 6. The van der Waals surface area contributed by atoms with Crippen LogP contribution in [0.15, 0.2) is 65.8 Å². The maximum Gasteiger partial charge on any atom is 0.289 e. The van der Waals surface area contributed by atoms with Crippen molar-refractivity contribution in [3.05, 3.63) is 71.3 Å². The molecular formula is C28H32O6. The topological polar surface area (TPSA) is 85.2 Å². The third kappa shape index (κ3) is 2.61. The molecule has 1 saturated carbocycles. The summed E-state index contributed by atoms with van der Waals surface area (Å²) in [5.41, 5.74) is -0.348. The van der Waals surface area contributed by atoms with Crippen LogP contribution in [0.2, 0.25) is 0 Å². The van der Waals surface area contributed by atoms with Gasteiger partial charge in [-0.15, -0.1) is 0 Å². The molecule has 3 fully saturated rings. The van der Waals surface area contributed by atoms with Crippen molar-refractivity contribution >= 4 is 5.78 Å². The van der Waals surface area contributed by atoms with Crippen molar-refractivity contribution < 1.29 is 29.2 Å². The number of fused-ring (bicyclic) bond motifs is 2. The molecule has 1 aromatic carbocycles. The molecule has 1 aromatic rings. The molecule has 2 aliphatic heterocycles. The highest BCUT2D eigenvalue weighted by Crippen LogP contribution is 2.68. The Labute approximate surface area is 199 Å². The Hall–Kier alpha value is -2.09. The predicted molar refractivity (Wildman–Crippen MR) is 124 cm³/mol. The van der Waals surface area contributed by atoms with Gasteiger partial charge in [0.25, 0.3) is 5.97 Å². The second-order valence-electron chi connectivity index (χ2n) is 11.0. The monoisotopic (exact) mass is 464 g/mol. The van der Waals surface area contributed by atoms with Gasteiger partial charge in [-0.3, -0.25) is 4.79 Å². The number of carbonyl (C=O) groups excluding carboxylic acids is 1. The van der Waals surface area contributed by atoms with Crippen LogP contribution < -0.4 is 0 Å². The molecule has 3 aliphatic carbocycles. The van der Waals surface area contributed by atoms with Gasteiger partial charge in [0.2, 0.25) is 0 Å². The standard InChI is InChI=1S/C28H32O6/c1-16(2)26-12-18(4)28-21(11-20(15-29)13-25(31)22(28)10-17(3)23(25)30)24(26)32-27(33-26,34-28)14-19-8-6-5-7-9-19/h5-11,18,21-22,24,29,31H,1,12-15H2,2-4H3/t18-,21+,22-,24-,25-,26-,27-,28-/m1/s1. The molecule has 6 rings (SSSR count). The van der Waals surface area contributed by atoms with Gasteiger partial charge in [0, 0.05) is 18.3 Å². The van der Waals surface area contributed by atoms with Crippen LogP contribution in [0.5, 0.6) is 0 Å². The Morgan fingerprint density at radius 2 is 1.94 bits per heavy atom. The van der Waals surface area contributed by atoms with Gasteiger partial charge in [-0.05, 0) is 48.5 Å². The number of benzene rings is 1. The second kappa shape index (κ2) is 6.99. The SMILES string of the molecule is C=C(C)[C@]12C[C@@H](C)[C@@]34O[C@](Cc5ccccc5)(O[C@@H]1[C@@H]3C=C(CO)C[C@]1(O)C(=O)C(C)=C[C@@H]41)O2. The fourth-order valence-electron chi connectivity index (χ4n) is 7.50. The van der Waals surface area contributed by atoms with Crippen molar-refractivity contribution in [2.24, 2.45) is 17.8 Å². The molecular weight excluding hydrogens is 432 g/mol. The van der Waals surface area contributed by atoms with E-state index in [1.54, 1.807) is 6.92 Å². The minimum atomic E-state index is -1.67. The first-order chi connectivity index (χ1) is 16.1. The summed E-state index contributed by atoms with van der Waals surface area (Å²) in [5.74, 6) is -2.64. The van der Waals surface area contributed by atoms with E-state index in [1.807, 2.05) is 49.4 Å². The van der Waals surface area contributed by atoms with E-state index in [2.05, 4.69) is 13.5 Å². The van der Waals surface area contributed by atoms with Crippen LogP contribution in [-0.4, -0.2) is 51.5 Å². The molecule has 6 heteroatoms. The van der Waals surface area contributed by atoms with E-state index < -0.39 is 34.8 Å². The molecule has 180 valence electrons. The van der Waals surface area contributed by atoms with Gasteiger partial charge >= 0.3 is 0 Å². The van der Waals surface area contributed by atoms with E-state index in [-0.39, 0.29) is 30.6 Å². The lowest BCUT2D eigenvalue weighted by Crippen LogP contribution is -2.70. The van der Waals surface area contributed by atoms with Crippen LogP contribution in [0, 0.1) is 17.8 Å². The van der Waals surface area contributed by atoms with E-state index in [4.69, 9.17) is 14.2 Å². The second-order valence-corrected chi connectivity index (χ2v) is 11.0. The number of aliphatic hydroxyl groups excluding tert-OH is 1. The van der Waals surface area contributed by atoms with Gasteiger partial charge in [0.05, 0.1) is 18.6 Å². The summed E-state index contributed by atoms with van der Waals surface area (Å²) < 4.78 is 20.5. The first kappa shape index (κ1) is 22.4. The molecule has 8 atom stereocenters. The van der Waals surface area contributed by atoms with Gasteiger partial charge in [0.15, 0.2) is 5.78 Å². The quantitative estimate of drug-likeness (QED) is 0.666. The number of ether oxygens (including phenoxy) is 3. The Morgan fingerprint density at radius 1 is 1.21 bits per heavy atom. The van der Waals surface area contributed by atoms with E-state index in [1.165, 1.54) is 0 Å². The third-order valence-electron chi connectivity index (χ3n) is 8.93. The number of aliphatic hydroxyl groups is 2. The summed E-state index contributed by atoms with van der Waals surface area (Å²) in [6.45, 7) is 9.87. The van der Waals surface area contributed by atoms with Crippen LogP contribution in [0.25, 0.3) is 0 Å². The summed E-state index contributed by atoms with van der Waals surface area (Å²) in [7, 11) is 0. The summed E-state index contributed by atoms with van der Waals surface area (Å²) in [4.78, 5) is 13.3. The smallest absolute Gasteiger partial charge is 0.289 e. The average Bonchev–Trinajstić information content (AvgIpc) is 3.10. The molecule has 34 heavy (non-hydrogen) atoms. The molecule has 2 N–H and O–H groups in total. The Kier molecular flexibility index (Phi) is 4.60. The Bertz CT molecular complexity index is 1140. The minimum absolute atomic E-state index is 0.0761. The Balaban J connectivity index is 1.58. The van der Waals surface area contributed by atoms with Crippen molar-refractivity contribution in [1.29, 1.82) is 0 Å². The molecule has 0 spiro atoms. The molecule has 6 nitrogen and oxygen atoms in total. The van der Waals surface area contributed by atoms with E-state index in [9.17, 15) is 15.0 Å². The van der Waals surface area contributed by atoms with Crippen LogP contribution in [0.4, 0.5) is 0 Å². The molecule has 0 amide bonds. The normalized spacial score (nSPS) is 46.4. The summed E-state index contributed by atoms with van der Waals surface area (Å²) in [5, 5.41) is 22.1. The van der Waals surface area contributed by atoms with Gasteiger partial charge < -0.3 is 24.4 Å². The maximum absolute atomic E-state index is 13.3. The lowest BCUT2D eigenvalue weighted by molar-refractivity contribution is -0.421. The number of rotatable bonds is 4. The molecule has 0 radical (unpaired) electrons. The zero-order valence-electron chi connectivity index (χ0n) is 19.9. The zero-order chi connectivity index (χ0) is 24.1. The highest BCUT2D eigenvalue weighted by molar-refractivity contribution is 6.04. The lowest BCUT2D eigenvalue weighted by Gasteiger charge is -2.59. The zero-order valence-corrected chi connectivity index (χ0v) is 19.9. The minimum Gasteiger partial charge on any atom is -0.392 e. The van der Waals surface area contributed by atoms with Gasteiger partial charge in [-0.2, -0.15) is 0 Å². The fourth-order valence-corrected chi connectivity index (χ4v) is 7.50. The number of carbonyl (C=O) groups is 1. The first-order valence-corrected chi connectivity index (χ1v) is 12.1. The van der Waals surface area contributed by atoms with Gasteiger partial charge in [-0.1, -0.05) is 56.0 Å². The molecule has 5 aliphatic rings.